The highest BCUT2D eigenvalue weighted by molar-refractivity contribution is 7.80. The van der Waals surface area contributed by atoms with Crippen molar-refractivity contribution >= 4 is 28.8 Å². The summed E-state index contributed by atoms with van der Waals surface area (Å²) in [5.74, 6) is -0.582. The zero-order valence-electron chi connectivity index (χ0n) is 11.1. The molecule has 0 heterocycles. The van der Waals surface area contributed by atoms with Crippen LogP contribution in [-0.2, 0) is 11.2 Å². The lowest BCUT2D eigenvalue weighted by atomic mass is 10.0. The number of anilines is 1. The van der Waals surface area contributed by atoms with E-state index in [4.69, 9.17) is 23.1 Å². The van der Waals surface area contributed by atoms with Crippen molar-refractivity contribution < 1.29 is 9.90 Å². The van der Waals surface area contributed by atoms with Gasteiger partial charge in [-0.3, -0.25) is 4.79 Å². The molecule has 0 fully saturated rings. The number of amides is 1. The summed E-state index contributed by atoms with van der Waals surface area (Å²) in [5, 5.41) is 11.6. The van der Waals surface area contributed by atoms with Crippen LogP contribution >= 0.6 is 12.2 Å². The number of aliphatic hydroxyl groups excluding tert-OH is 1. The Bertz CT molecular complexity index is 432. The minimum Gasteiger partial charge on any atom is -0.396 e. The molecule has 1 unspecified atom stereocenters. The summed E-state index contributed by atoms with van der Waals surface area (Å²) in [5.41, 5.74) is 7.32. The van der Waals surface area contributed by atoms with Crippen molar-refractivity contribution in [2.45, 2.75) is 26.2 Å². The molecular formula is C14H20N2O2S. The predicted molar refractivity (Wildman–Crippen MR) is 81.0 cm³/mol. The third-order valence-electron chi connectivity index (χ3n) is 2.86. The van der Waals surface area contributed by atoms with Gasteiger partial charge in [0.1, 0.15) is 0 Å². The van der Waals surface area contributed by atoms with E-state index >= 15 is 0 Å². The molecule has 104 valence electrons. The van der Waals surface area contributed by atoms with Crippen LogP contribution in [0.5, 0.6) is 0 Å². The topological polar surface area (TPSA) is 75.3 Å². The third kappa shape index (κ3) is 4.96. The Kier molecular flexibility index (Phi) is 6.45. The number of carbonyl (C=O) groups is 1. The quantitative estimate of drug-likeness (QED) is 0.666. The maximum Gasteiger partial charge on any atom is 0.234 e. The average molecular weight is 280 g/mol. The van der Waals surface area contributed by atoms with Crippen LogP contribution in [0.25, 0.3) is 0 Å². The molecule has 1 rings (SSSR count). The molecule has 0 aliphatic rings. The van der Waals surface area contributed by atoms with E-state index in [-0.39, 0.29) is 17.5 Å². The van der Waals surface area contributed by atoms with Gasteiger partial charge in [0, 0.05) is 12.3 Å². The first-order chi connectivity index (χ1) is 9.08. The number of rotatable bonds is 7. The molecule has 4 nitrogen and oxygen atoms in total. The van der Waals surface area contributed by atoms with Crippen LogP contribution in [0.4, 0.5) is 5.69 Å². The number of carbonyl (C=O) groups excluding carboxylic acids is 1. The minimum atomic E-state index is -0.419. The predicted octanol–water partition coefficient (Wildman–Crippen LogP) is 1.86. The van der Waals surface area contributed by atoms with Gasteiger partial charge < -0.3 is 16.2 Å². The van der Waals surface area contributed by atoms with Gasteiger partial charge in [0.2, 0.25) is 5.91 Å². The summed E-state index contributed by atoms with van der Waals surface area (Å²) in [6.45, 7) is 2.11. The molecule has 0 aromatic heterocycles. The van der Waals surface area contributed by atoms with E-state index in [1.807, 2.05) is 31.2 Å². The number of nitrogens with one attached hydrogen (secondary N) is 1. The Morgan fingerprint density at radius 1 is 1.42 bits per heavy atom. The van der Waals surface area contributed by atoms with Gasteiger partial charge in [0.25, 0.3) is 0 Å². The van der Waals surface area contributed by atoms with E-state index in [1.165, 1.54) is 0 Å². The lowest BCUT2D eigenvalue weighted by Gasteiger charge is -2.14. The summed E-state index contributed by atoms with van der Waals surface area (Å²) in [7, 11) is 0. The van der Waals surface area contributed by atoms with Crippen LogP contribution in [0.2, 0.25) is 0 Å². The highest BCUT2D eigenvalue weighted by Gasteiger charge is 2.20. The first kappa shape index (κ1) is 15.6. The second kappa shape index (κ2) is 7.86. The normalized spacial score (nSPS) is 11.9. The molecule has 5 heteroatoms. The van der Waals surface area contributed by atoms with Crippen molar-refractivity contribution in [3.8, 4) is 0 Å². The second-order valence-electron chi connectivity index (χ2n) is 4.40. The van der Waals surface area contributed by atoms with Crippen LogP contribution in [0, 0.1) is 5.92 Å². The fourth-order valence-corrected chi connectivity index (χ4v) is 2.03. The molecular weight excluding hydrogens is 260 g/mol. The number of hydrogen-bond acceptors (Lipinski definition) is 3. The smallest absolute Gasteiger partial charge is 0.234 e. The van der Waals surface area contributed by atoms with Gasteiger partial charge in [-0.05, 0) is 30.5 Å². The molecule has 1 amide bonds. The maximum atomic E-state index is 12.0. The van der Waals surface area contributed by atoms with Gasteiger partial charge in [-0.15, -0.1) is 0 Å². The first-order valence-corrected chi connectivity index (χ1v) is 6.79. The lowest BCUT2D eigenvalue weighted by Crippen LogP contribution is -2.33. The van der Waals surface area contributed by atoms with Gasteiger partial charge >= 0.3 is 0 Å². The summed E-state index contributed by atoms with van der Waals surface area (Å²) in [6.07, 6.45) is 2.12. The molecule has 1 aromatic rings. The van der Waals surface area contributed by atoms with E-state index in [0.29, 0.717) is 18.5 Å². The van der Waals surface area contributed by atoms with Gasteiger partial charge in [-0.1, -0.05) is 37.7 Å². The number of thiocarbonyl (C=S) groups is 1. The minimum absolute atomic E-state index is 0.117. The van der Waals surface area contributed by atoms with E-state index in [9.17, 15) is 4.79 Å². The van der Waals surface area contributed by atoms with Crippen molar-refractivity contribution in [1.82, 2.24) is 0 Å². The van der Waals surface area contributed by atoms with Gasteiger partial charge in [-0.25, -0.2) is 0 Å². The second-order valence-corrected chi connectivity index (χ2v) is 4.87. The molecule has 0 radical (unpaired) electrons. The molecule has 0 saturated heterocycles. The average Bonchev–Trinajstić information content (AvgIpc) is 2.38. The van der Waals surface area contributed by atoms with Gasteiger partial charge in [0.05, 0.1) is 10.9 Å². The first-order valence-electron chi connectivity index (χ1n) is 6.38. The monoisotopic (exact) mass is 280 g/mol. The third-order valence-corrected chi connectivity index (χ3v) is 3.14. The highest BCUT2D eigenvalue weighted by atomic mass is 32.1. The fourth-order valence-electron chi connectivity index (χ4n) is 1.80. The van der Waals surface area contributed by atoms with Crippen molar-refractivity contribution in [2.75, 3.05) is 11.9 Å². The Morgan fingerprint density at radius 2 is 2.05 bits per heavy atom. The Hall–Kier alpha value is -1.46. The van der Waals surface area contributed by atoms with Crippen LogP contribution in [0.3, 0.4) is 0 Å². The Balaban J connectivity index is 2.67. The number of aliphatic hydroxyl groups is 1. The molecule has 1 atom stereocenters. The van der Waals surface area contributed by atoms with Crippen molar-refractivity contribution in [3.05, 3.63) is 29.8 Å². The van der Waals surface area contributed by atoms with E-state index in [1.54, 1.807) is 0 Å². The summed E-state index contributed by atoms with van der Waals surface area (Å²) < 4.78 is 0. The number of hydrogen-bond donors (Lipinski definition) is 3. The Labute approximate surface area is 119 Å². The van der Waals surface area contributed by atoms with E-state index < -0.39 is 5.92 Å². The molecule has 19 heavy (non-hydrogen) atoms. The molecule has 0 bridgehead atoms. The number of benzene rings is 1. The van der Waals surface area contributed by atoms with Crippen molar-refractivity contribution in [3.63, 3.8) is 0 Å². The van der Waals surface area contributed by atoms with Gasteiger partial charge in [-0.2, -0.15) is 0 Å². The lowest BCUT2D eigenvalue weighted by molar-refractivity contribution is -0.118. The molecule has 4 N–H and O–H groups in total. The summed E-state index contributed by atoms with van der Waals surface area (Å²) >= 11 is 4.92. The fraction of sp³-hybridized carbons (Fsp3) is 0.429. The number of nitrogens with two attached hydrogens (primary N) is 1. The van der Waals surface area contributed by atoms with Crippen molar-refractivity contribution in [2.24, 2.45) is 11.7 Å². The van der Waals surface area contributed by atoms with Crippen molar-refractivity contribution in [1.29, 1.82) is 0 Å². The van der Waals surface area contributed by atoms with Crippen LogP contribution in [0.1, 0.15) is 25.3 Å². The largest absolute Gasteiger partial charge is 0.396 e. The highest BCUT2D eigenvalue weighted by Crippen LogP contribution is 2.14. The maximum absolute atomic E-state index is 12.0. The van der Waals surface area contributed by atoms with Crippen LogP contribution in [-0.4, -0.2) is 22.6 Å². The molecule has 0 aliphatic carbocycles. The molecule has 0 saturated carbocycles. The molecule has 1 aromatic carbocycles. The Morgan fingerprint density at radius 3 is 2.53 bits per heavy atom. The SMILES string of the molecule is CCCC(C(=O)Nc1ccc(CCO)cc1)C(N)=S. The standard InChI is InChI=1S/C14H20N2O2S/c1-2-3-12(13(15)19)14(18)16-11-6-4-10(5-7-11)8-9-17/h4-7,12,17H,2-3,8-9H2,1H3,(H2,15,19)(H,16,18). The zero-order chi connectivity index (χ0) is 14.3. The summed E-state index contributed by atoms with van der Waals surface area (Å²) in [4.78, 5) is 12.3. The molecule has 0 spiro atoms. The molecule has 0 aliphatic heterocycles. The van der Waals surface area contributed by atoms with Crippen LogP contribution in [0.15, 0.2) is 24.3 Å². The van der Waals surface area contributed by atoms with Gasteiger partial charge in [0.15, 0.2) is 0 Å². The van der Waals surface area contributed by atoms with Crippen LogP contribution < -0.4 is 11.1 Å². The van der Waals surface area contributed by atoms with E-state index in [2.05, 4.69) is 5.32 Å². The van der Waals surface area contributed by atoms with E-state index in [0.717, 1.165) is 12.0 Å². The zero-order valence-corrected chi connectivity index (χ0v) is 11.9. The summed E-state index contributed by atoms with van der Waals surface area (Å²) in [6, 6.07) is 7.37.